The second-order valence-corrected chi connectivity index (χ2v) is 5.20. The van der Waals surface area contributed by atoms with Crippen LogP contribution in [0.25, 0.3) is 0 Å². The monoisotopic (exact) mass is 296 g/mol. The van der Waals surface area contributed by atoms with E-state index in [-0.39, 0.29) is 12.6 Å². The standard InChI is InChI=1S/C14H20N2O3S/c1-9(2)16-13(20)12(17)11(8-19-14(15)18)10-6-4-3-5-7-10/h3-7,9,11-12,17H,8H2,1-2H3,(H2,15,18)(H,16,20). The van der Waals surface area contributed by atoms with Crippen molar-refractivity contribution in [2.75, 3.05) is 6.61 Å². The highest BCUT2D eigenvalue weighted by Crippen LogP contribution is 2.21. The first-order valence-corrected chi connectivity index (χ1v) is 6.78. The molecule has 1 amide bonds. The van der Waals surface area contributed by atoms with Crippen molar-refractivity contribution in [3.05, 3.63) is 35.9 Å². The Labute approximate surface area is 124 Å². The van der Waals surface area contributed by atoms with Crippen LogP contribution in [0.5, 0.6) is 0 Å². The summed E-state index contributed by atoms with van der Waals surface area (Å²) in [5.41, 5.74) is 5.81. The number of amides is 1. The number of aliphatic hydroxyl groups is 1. The van der Waals surface area contributed by atoms with E-state index in [1.807, 2.05) is 44.2 Å². The van der Waals surface area contributed by atoms with Crippen molar-refractivity contribution in [3.63, 3.8) is 0 Å². The molecule has 0 aliphatic rings. The fourth-order valence-electron chi connectivity index (χ4n) is 1.79. The number of carbonyl (C=O) groups excluding carboxylic acids is 1. The van der Waals surface area contributed by atoms with E-state index in [1.165, 1.54) is 0 Å². The van der Waals surface area contributed by atoms with Crippen LogP contribution in [0.4, 0.5) is 4.79 Å². The summed E-state index contributed by atoms with van der Waals surface area (Å²) in [6, 6.07) is 9.36. The Morgan fingerprint density at radius 2 is 2.00 bits per heavy atom. The number of ether oxygens (including phenoxy) is 1. The van der Waals surface area contributed by atoms with Gasteiger partial charge in [-0.2, -0.15) is 0 Å². The van der Waals surface area contributed by atoms with Gasteiger partial charge in [0.15, 0.2) is 0 Å². The first kappa shape index (κ1) is 16.4. The maximum Gasteiger partial charge on any atom is 0.404 e. The van der Waals surface area contributed by atoms with E-state index in [0.29, 0.717) is 4.99 Å². The third-order valence-corrected chi connectivity index (χ3v) is 3.07. The molecule has 0 radical (unpaired) electrons. The number of nitrogens with one attached hydrogen (secondary N) is 1. The molecule has 5 nitrogen and oxygen atoms in total. The number of hydrogen-bond acceptors (Lipinski definition) is 4. The first-order valence-electron chi connectivity index (χ1n) is 6.37. The Morgan fingerprint density at radius 1 is 1.40 bits per heavy atom. The van der Waals surface area contributed by atoms with Crippen LogP contribution in [0, 0.1) is 0 Å². The number of thiocarbonyl (C=S) groups is 1. The Balaban J connectivity index is 2.86. The Hall–Kier alpha value is -1.66. The van der Waals surface area contributed by atoms with Crippen LogP contribution in [0.2, 0.25) is 0 Å². The van der Waals surface area contributed by atoms with Crippen LogP contribution in [0.15, 0.2) is 30.3 Å². The Kier molecular flexibility index (Phi) is 6.41. The summed E-state index contributed by atoms with van der Waals surface area (Å²) in [5.74, 6) is -0.456. The molecule has 20 heavy (non-hydrogen) atoms. The summed E-state index contributed by atoms with van der Waals surface area (Å²) < 4.78 is 4.83. The van der Waals surface area contributed by atoms with Crippen molar-refractivity contribution in [1.29, 1.82) is 0 Å². The number of carbonyl (C=O) groups is 1. The zero-order valence-corrected chi connectivity index (χ0v) is 12.4. The van der Waals surface area contributed by atoms with Crippen LogP contribution in [0.1, 0.15) is 25.3 Å². The van der Waals surface area contributed by atoms with E-state index in [4.69, 9.17) is 22.7 Å². The minimum Gasteiger partial charge on any atom is -0.449 e. The SMILES string of the molecule is CC(C)NC(=S)C(O)C(COC(N)=O)c1ccccc1. The molecule has 110 valence electrons. The van der Waals surface area contributed by atoms with Crippen molar-refractivity contribution in [1.82, 2.24) is 5.32 Å². The molecule has 0 fully saturated rings. The van der Waals surface area contributed by atoms with E-state index in [2.05, 4.69) is 5.32 Å². The highest BCUT2D eigenvalue weighted by Gasteiger charge is 2.26. The van der Waals surface area contributed by atoms with Gasteiger partial charge in [-0.25, -0.2) is 4.79 Å². The van der Waals surface area contributed by atoms with Gasteiger partial charge in [-0.15, -0.1) is 0 Å². The second-order valence-electron chi connectivity index (χ2n) is 4.76. The minimum absolute atomic E-state index is 0.0274. The topological polar surface area (TPSA) is 84.6 Å². The van der Waals surface area contributed by atoms with Gasteiger partial charge < -0.3 is 20.9 Å². The minimum atomic E-state index is -0.950. The van der Waals surface area contributed by atoms with Gasteiger partial charge in [0.25, 0.3) is 0 Å². The lowest BCUT2D eigenvalue weighted by atomic mass is 9.94. The third-order valence-electron chi connectivity index (χ3n) is 2.71. The van der Waals surface area contributed by atoms with Crippen LogP contribution in [-0.2, 0) is 4.74 Å². The van der Waals surface area contributed by atoms with Gasteiger partial charge in [0, 0.05) is 6.04 Å². The lowest BCUT2D eigenvalue weighted by molar-refractivity contribution is 0.118. The fraction of sp³-hybridized carbons (Fsp3) is 0.429. The molecule has 0 aliphatic carbocycles. The molecule has 1 rings (SSSR count). The molecule has 2 unspecified atom stereocenters. The molecule has 0 bridgehead atoms. The maximum atomic E-state index is 10.8. The molecular formula is C14H20N2O3S. The van der Waals surface area contributed by atoms with Gasteiger partial charge >= 0.3 is 6.09 Å². The molecule has 0 aliphatic heterocycles. The summed E-state index contributed by atoms with van der Waals surface area (Å²) in [7, 11) is 0. The molecule has 0 spiro atoms. The van der Waals surface area contributed by atoms with Crippen LogP contribution in [0.3, 0.4) is 0 Å². The first-order chi connectivity index (χ1) is 9.41. The summed E-state index contributed by atoms with van der Waals surface area (Å²) >= 11 is 5.18. The van der Waals surface area contributed by atoms with Gasteiger partial charge in [0.1, 0.15) is 17.7 Å². The highest BCUT2D eigenvalue weighted by molar-refractivity contribution is 7.80. The van der Waals surface area contributed by atoms with Crippen molar-refractivity contribution in [2.45, 2.75) is 31.9 Å². The number of primary amides is 1. The van der Waals surface area contributed by atoms with E-state index < -0.39 is 18.1 Å². The largest absolute Gasteiger partial charge is 0.449 e. The molecular weight excluding hydrogens is 276 g/mol. The summed E-state index contributed by atoms with van der Waals surface area (Å²) in [5, 5.41) is 13.3. The number of nitrogens with two attached hydrogens (primary N) is 1. The van der Waals surface area contributed by atoms with Gasteiger partial charge in [-0.1, -0.05) is 42.5 Å². The predicted octanol–water partition coefficient (Wildman–Crippen LogP) is 1.55. The average molecular weight is 296 g/mol. The van der Waals surface area contributed by atoms with Crippen molar-refractivity contribution >= 4 is 23.3 Å². The zero-order valence-electron chi connectivity index (χ0n) is 11.6. The normalized spacial score (nSPS) is 13.6. The van der Waals surface area contributed by atoms with Crippen LogP contribution >= 0.6 is 12.2 Å². The molecule has 1 aromatic carbocycles. The van der Waals surface area contributed by atoms with Crippen molar-refractivity contribution in [2.24, 2.45) is 5.73 Å². The quantitative estimate of drug-likeness (QED) is 0.694. The van der Waals surface area contributed by atoms with Gasteiger partial charge in [-0.05, 0) is 19.4 Å². The summed E-state index contributed by atoms with van der Waals surface area (Å²) in [6.07, 6.45) is -1.82. The van der Waals surface area contributed by atoms with E-state index >= 15 is 0 Å². The smallest absolute Gasteiger partial charge is 0.404 e. The van der Waals surface area contributed by atoms with Gasteiger partial charge in [0.05, 0.1) is 5.92 Å². The molecule has 6 heteroatoms. The predicted molar refractivity (Wildman–Crippen MR) is 81.6 cm³/mol. The molecule has 4 N–H and O–H groups in total. The average Bonchev–Trinajstić information content (AvgIpc) is 2.38. The Morgan fingerprint density at radius 3 is 2.50 bits per heavy atom. The molecule has 2 atom stereocenters. The molecule has 0 saturated carbocycles. The summed E-state index contributed by atoms with van der Waals surface area (Å²) in [4.78, 5) is 11.1. The lowest BCUT2D eigenvalue weighted by Gasteiger charge is -2.25. The van der Waals surface area contributed by atoms with Gasteiger partial charge in [-0.3, -0.25) is 0 Å². The molecule has 0 heterocycles. The maximum absolute atomic E-state index is 10.8. The van der Waals surface area contributed by atoms with E-state index in [0.717, 1.165) is 5.56 Å². The zero-order chi connectivity index (χ0) is 15.1. The van der Waals surface area contributed by atoms with Crippen molar-refractivity contribution < 1.29 is 14.6 Å². The number of hydrogen-bond donors (Lipinski definition) is 3. The molecule has 0 aromatic heterocycles. The van der Waals surface area contributed by atoms with Gasteiger partial charge in [0.2, 0.25) is 0 Å². The van der Waals surface area contributed by atoms with Crippen molar-refractivity contribution in [3.8, 4) is 0 Å². The number of rotatable bonds is 6. The number of aliphatic hydroxyl groups excluding tert-OH is 1. The molecule has 0 saturated heterocycles. The van der Waals surface area contributed by atoms with E-state index in [1.54, 1.807) is 0 Å². The fourth-order valence-corrected chi connectivity index (χ4v) is 2.19. The van der Waals surface area contributed by atoms with E-state index in [9.17, 15) is 9.90 Å². The van der Waals surface area contributed by atoms with Crippen LogP contribution in [-0.4, -0.2) is 34.9 Å². The lowest BCUT2D eigenvalue weighted by Crippen LogP contribution is -2.41. The summed E-state index contributed by atoms with van der Waals surface area (Å²) in [6.45, 7) is 3.83. The highest BCUT2D eigenvalue weighted by atomic mass is 32.1. The van der Waals surface area contributed by atoms with Crippen LogP contribution < -0.4 is 11.1 Å². The number of benzene rings is 1. The Bertz CT molecular complexity index is 451. The third kappa shape index (κ3) is 5.14. The molecule has 1 aromatic rings. The second kappa shape index (κ2) is 7.81.